The van der Waals surface area contributed by atoms with Gasteiger partial charge in [0.15, 0.2) is 6.61 Å². The number of ether oxygens (including phenoxy) is 1. The van der Waals surface area contributed by atoms with Gasteiger partial charge in [0.2, 0.25) is 0 Å². The molecule has 0 bridgehead atoms. The quantitative estimate of drug-likeness (QED) is 0.883. The van der Waals surface area contributed by atoms with Crippen molar-refractivity contribution in [1.82, 2.24) is 4.90 Å². The Morgan fingerprint density at radius 2 is 2.21 bits per heavy atom. The highest BCUT2D eigenvalue weighted by atomic mass is 16.5. The first-order valence-corrected chi connectivity index (χ1v) is 6.73. The lowest BCUT2D eigenvalue weighted by Crippen LogP contribution is -2.33. The number of hydrogen-bond donors (Lipinski definition) is 1. The minimum atomic E-state index is 0.00961. The molecular formula is C15H22N2O2. The largest absolute Gasteiger partial charge is 0.484 e. The van der Waals surface area contributed by atoms with E-state index >= 15 is 0 Å². The summed E-state index contributed by atoms with van der Waals surface area (Å²) in [6.45, 7) is 4.02. The van der Waals surface area contributed by atoms with Crippen LogP contribution in [0.5, 0.6) is 5.75 Å². The summed E-state index contributed by atoms with van der Waals surface area (Å²) >= 11 is 0. The second kappa shape index (κ2) is 5.61. The lowest BCUT2D eigenvalue weighted by atomic mass is 10.1. The Labute approximate surface area is 114 Å². The smallest absolute Gasteiger partial charge is 0.260 e. The maximum absolute atomic E-state index is 11.9. The van der Waals surface area contributed by atoms with Gasteiger partial charge in [-0.3, -0.25) is 4.79 Å². The van der Waals surface area contributed by atoms with E-state index in [2.05, 4.69) is 0 Å². The van der Waals surface area contributed by atoms with Gasteiger partial charge in [-0.05, 0) is 43.9 Å². The van der Waals surface area contributed by atoms with Crippen LogP contribution in [0.2, 0.25) is 0 Å². The molecule has 0 aliphatic heterocycles. The van der Waals surface area contributed by atoms with E-state index in [4.69, 9.17) is 10.5 Å². The highest BCUT2D eigenvalue weighted by Crippen LogP contribution is 2.26. The zero-order valence-electron chi connectivity index (χ0n) is 11.8. The van der Waals surface area contributed by atoms with Crippen LogP contribution in [0.4, 0.5) is 0 Å². The molecule has 1 atom stereocenters. The molecule has 2 N–H and O–H groups in total. The first kappa shape index (κ1) is 13.9. The van der Waals surface area contributed by atoms with Crippen molar-refractivity contribution >= 4 is 5.91 Å². The van der Waals surface area contributed by atoms with E-state index in [1.165, 1.54) is 0 Å². The predicted octanol–water partition coefficient (Wildman–Crippen LogP) is 2.01. The first-order valence-electron chi connectivity index (χ1n) is 6.73. The average molecular weight is 262 g/mol. The van der Waals surface area contributed by atoms with Crippen LogP contribution in [0.3, 0.4) is 0 Å². The number of carbonyl (C=O) groups excluding carboxylic acids is 1. The number of amides is 1. The topological polar surface area (TPSA) is 55.6 Å². The SMILES string of the molecule is Cc1cc(C(C)N)ccc1OCC(=O)N(C)C1CC1. The molecule has 0 spiro atoms. The fourth-order valence-corrected chi connectivity index (χ4v) is 2.02. The molecule has 0 radical (unpaired) electrons. The van der Waals surface area contributed by atoms with Crippen LogP contribution >= 0.6 is 0 Å². The standard InChI is InChI=1S/C15H22N2O2/c1-10-8-12(11(2)16)4-7-14(10)19-9-15(18)17(3)13-5-6-13/h4,7-8,11,13H,5-6,9,16H2,1-3H3. The molecule has 0 heterocycles. The van der Waals surface area contributed by atoms with Crippen molar-refractivity contribution in [2.24, 2.45) is 5.73 Å². The van der Waals surface area contributed by atoms with E-state index < -0.39 is 0 Å². The van der Waals surface area contributed by atoms with Crippen LogP contribution in [0.25, 0.3) is 0 Å². The summed E-state index contributed by atoms with van der Waals surface area (Å²) in [6, 6.07) is 6.28. The number of aryl methyl sites for hydroxylation is 1. The summed E-state index contributed by atoms with van der Waals surface area (Å²) < 4.78 is 5.60. The maximum atomic E-state index is 11.9. The van der Waals surface area contributed by atoms with Crippen LogP contribution in [-0.4, -0.2) is 30.5 Å². The normalized spacial score (nSPS) is 16.0. The summed E-state index contributed by atoms with van der Waals surface area (Å²) in [4.78, 5) is 13.6. The van der Waals surface area contributed by atoms with Crippen molar-refractivity contribution in [3.8, 4) is 5.75 Å². The highest BCUT2D eigenvalue weighted by molar-refractivity contribution is 5.78. The Morgan fingerprint density at radius 3 is 2.74 bits per heavy atom. The van der Waals surface area contributed by atoms with Crippen LogP contribution < -0.4 is 10.5 Å². The molecule has 1 aliphatic carbocycles. The molecule has 1 aliphatic rings. The first-order chi connectivity index (χ1) is 8.99. The summed E-state index contributed by atoms with van der Waals surface area (Å²) in [6.07, 6.45) is 2.23. The van der Waals surface area contributed by atoms with Gasteiger partial charge in [0.25, 0.3) is 5.91 Å². The van der Waals surface area contributed by atoms with Gasteiger partial charge in [0, 0.05) is 19.1 Å². The van der Waals surface area contributed by atoms with Gasteiger partial charge in [-0.15, -0.1) is 0 Å². The van der Waals surface area contributed by atoms with Gasteiger partial charge >= 0.3 is 0 Å². The van der Waals surface area contributed by atoms with Crippen LogP contribution in [0, 0.1) is 6.92 Å². The number of nitrogens with two attached hydrogens (primary N) is 1. The number of hydrogen-bond acceptors (Lipinski definition) is 3. The molecular weight excluding hydrogens is 240 g/mol. The number of likely N-dealkylation sites (N-methyl/N-ethyl adjacent to an activating group) is 1. The van der Waals surface area contributed by atoms with Crippen molar-refractivity contribution in [3.63, 3.8) is 0 Å². The fraction of sp³-hybridized carbons (Fsp3) is 0.533. The minimum Gasteiger partial charge on any atom is -0.484 e. The summed E-state index contributed by atoms with van der Waals surface area (Å²) in [5.74, 6) is 0.792. The monoisotopic (exact) mass is 262 g/mol. The Balaban J connectivity index is 1.93. The van der Waals surface area contributed by atoms with Gasteiger partial charge in [-0.2, -0.15) is 0 Å². The summed E-state index contributed by atoms with van der Waals surface area (Å²) in [7, 11) is 1.84. The molecule has 1 aromatic rings. The van der Waals surface area contributed by atoms with Crippen molar-refractivity contribution in [2.75, 3.05) is 13.7 Å². The molecule has 19 heavy (non-hydrogen) atoms. The van der Waals surface area contributed by atoms with E-state index in [0.29, 0.717) is 6.04 Å². The van der Waals surface area contributed by atoms with Crippen LogP contribution in [0.1, 0.15) is 36.9 Å². The molecule has 0 aromatic heterocycles. The number of benzene rings is 1. The van der Waals surface area contributed by atoms with Crippen LogP contribution in [0.15, 0.2) is 18.2 Å². The van der Waals surface area contributed by atoms with E-state index in [-0.39, 0.29) is 18.6 Å². The fourth-order valence-electron chi connectivity index (χ4n) is 2.02. The van der Waals surface area contributed by atoms with E-state index in [9.17, 15) is 4.79 Å². The molecule has 2 rings (SSSR count). The molecule has 104 valence electrons. The Hall–Kier alpha value is -1.55. The van der Waals surface area contributed by atoms with Gasteiger partial charge in [-0.25, -0.2) is 0 Å². The molecule has 4 heteroatoms. The molecule has 1 fully saturated rings. The molecule has 1 aromatic carbocycles. The highest BCUT2D eigenvalue weighted by Gasteiger charge is 2.29. The van der Waals surface area contributed by atoms with Crippen molar-refractivity contribution < 1.29 is 9.53 Å². The molecule has 1 saturated carbocycles. The second-order valence-corrected chi connectivity index (χ2v) is 5.34. The number of rotatable bonds is 5. The molecule has 1 unspecified atom stereocenters. The Kier molecular flexibility index (Phi) is 4.10. The van der Waals surface area contributed by atoms with Gasteiger partial charge in [0.05, 0.1) is 0 Å². The van der Waals surface area contributed by atoms with Crippen molar-refractivity contribution in [1.29, 1.82) is 0 Å². The van der Waals surface area contributed by atoms with E-state index in [1.807, 2.05) is 39.1 Å². The minimum absolute atomic E-state index is 0.00961. The predicted molar refractivity (Wildman–Crippen MR) is 75.1 cm³/mol. The molecule has 1 amide bonds. The molecule has 4 nitrogen and oxygen atoms in total. The van der Waals surface area contributed by atoms with Crippen LogP contribution in [-0.2, 0) is 4.79 Å². The maximum Gasteiger partial charge on any atom is 0.260 e. The van der Waals surface area contributed by atoms with Crippen molar-refractivity contribution in [2.45, 2.75) is 38.8 Å². The Bertz CT molecular complexity index is 467. The zero-order chi connectivity index (χ0) is 14.0. The second-order valence-electron chi connectivity index (χ2n) is 5.34. The third-order valence-electron chi connectivity index (χ3n) is 3.56. The molecule has 0 saturated heterocycles. The van der Waals surface area contributed by atoms with E-state index in [0.717, 1.165) is 29.7 Å². The van der Waals surface area contributed by atoms with Gasteiger partial charge < -0.3 is 15.4 Å². The van der Waals surface area contributed by atoms with Gasteiger partial charge in [0.1, 0.15) is 5.75 Å². The lowest BCUT2D eigenvalue weighted by molar-refractivity contribution is -0.132. The van der Waals surface area contributed by atoms with Crippen molar-refractivity contribution in [3.05, 3.63) is 29.3 Å². The Morgan fingerprint density at radius 1 is 1.53 bits per heavy atom. The third kappa shape index (κ3) is 3.47. The number of carbonyl (C=O) groups is 1. The summed E-state index contributed by atoms with van der Waals surface area (Å²) in [5, 5.41) is 0. The number of nitrogens with zero attached hydrogens (tertiary/aromatic N) is 1. The van der Waals surface area contributed by atoms with E-state index in [1.54, 1.807) is 4.90 Å². The van der Waals surface area contributed by atoms with Gasteiger partial charge in [-0.1, -0.05) is 12.1 Å². The third-order valence-corrected chi connectivity index (χ3v) is 3.56. The zero-order valence-corrected chi connectivity index (χ0v) is 11.8. The average Bonchev–Trinajstić information content (AvgIpc) is 3.20. The lowest BCUT2D eigenvalue weighted by Gasteiger charge is -2.17. The summed E-state index contributed by atoms with van der Waals surface area (Å²) in [5.41, 5.74) is 7.92.